The Morgan fingerprint density at radius 1 is 1.36 bits per heavy atom. The minimum atomic E-state index is -0.321. The van der Waals surface area contributed by atoms with Gasteiger partial charge in [0.05, 0.1) is 0 Å². The third-order valence-corrected chi connectivity index (χ3v) is 5.33. The molecular weight excluding hydrogens is 319 g/mol. The first-order valence-electron chi connectivity index (χ1n) is 9.02. The van der Waals surface area contributed by atoms with Crippen molar-refractivity contribution >= 4 is 5.91 Å². The van der Waals surface area contributed by atoms with Crippen LogP contribution in [0.25, 0.3) is 5.69 Å². The fourth-order valence-corrected chi connectivity index (χ4v) is 3.91. The Balaban J connectivity index is 1.66. The lowest BCUT2D eigenvalue weighted by Gasteiger charge is -2.30. The third kappa shape index (κ3) is 2.95. The van der Waals surface area contributed by atoms with Crippen LogP contribution in [-0.4, -0.2) is 34.8 Å². The second-order valence-corrected chi connectivity index (χ2v) is 7.04. The zero-order chi connectivity index (χ0) is 17.4. The van der Waals surface area contributed by atoms with Crippen molar-refractivity contribution in [1.29, 1.82) is 0 Å². The van der Waals surface area contributed by atoms with Crippen LogP contribution in [0.15, 0.2) is 24.3 Å². The fraction of sp³-hybridized carbons (Fsp3) is 0.474. The van der Waals surface area contributed by atoms with Crippen LogP contribution in [0.2, 0.25) is 0 Å². The number of aromatic nitrogens is 2. The van der Waals surface area contributed by atoms with E-state index in [0.717, 1.165) is 50.0 Å². The van der Waals surface area contributed by atoms with Gasteiger partial charge in [-0.1, -0.05) is 19.1 Å². The zero-order valence-corrected chi connectivity index (χ0v) is 14.4. The van der Waals surface area contributed by atoms with Crippen molar-refractivity contribution in [3.8, 4) is 5.69 Å². The summed E-state index contributed by atoms with van der Waals surface area (Å²) in [7, 11) is 0. The smallest absolute Gasteiger partial charge is 0.272 e. The molecule has 2 unspecified atom stereocenters. The molecule has 0 bridgehead atoms. The van der Waals surface area contributed by atoms with Crippen molar-refractivity contribution in [3.63, 3.8) is 0 Å². The van der Waals surface area contributed by atoms with Gasteiger partial charge < -0.3 is 10.6 Å². The number of hydrogen-bond acceptors (Lipinski definition) is 3. The first-order valence-corrected chi connectivity index (χ1v) is 9.02. The largest absolute Gasteiger partial charge is 0.348 e. The minimum Gasteiger partial charge on any atom is -0.348 e. The van der Waals surface area contributed by atoms with E-state index in [9.17, 15) is 9.18 Å². The van der Waals surface area contributed by atoms with E-state index < -0.39 is 0 Å². The van der Waals surface area contributed by atoms with Gasteiger partial charge in [-0.05, 0) is 56.8 Å². The molecule has 4 rings (SSSR count). The highest BCUT2D eigenvalue weighted by molar-refractivity contribution is 5.94. The number of para-hydroxylation sites is 1. The molecule has 2 heterocycles. The highest BCUT2D eigenvalue weighted by Gasteiger charge is 2.30. The Morgan fingerprint density at radius 3 is 3.00 bits per heavy atom. The number of hydrogen-bond donors (Lipinski definition) is 2. The summed E-state index contributed by atoms with van der Waals surface area (Å²) < 4.78 is 15.8. The number of piperidine rings is 1. The van der Waals surface area contributed by atoms with Gasteiger partial charge in [-0.15, -0.1) is 0 Å². The van der Waals surface area contributed by atoms with Gasteiger partial charge in [0, 0.05) is 17.3 Å². The Kier molecular flexibility index (Phi) is 4.29. The second-order valence-electron chi connectivity index (χ2n) is 7.04. The molecule has 1 aliphatic carbocycles. The van der Waals surface area contributed by atoms with Crippen molar-refractivity contribution in [1.82, 2.24) is 20.4 Å². The molecule has 0 radical (unpaired) electrons. The highest BCUT2D eigenvalue weighted by Crippen LogP contribution is 2.29. The van der Waals surface area contributed by atoms with E-state index in [4.69, 9.17) is 0 Å². The number of fused-ring (bicyclic) bond motifs is 1. The predicted molar refractivity (Wildman–Crippen MR) is 93.5 cm³/mol. The van der Waals surface area contributed by atoms with Crippen LogP contribution in [0.1, 0.15) is 41.5 Å². The van der Waals surface area contributed by atoms with Crippen LogP contribution in [0.3, 0.4) is 0 Å². The summed E-state index contributed by atoms with van der Waals surface area (Å²) in [5.74, 6) is -0.0648. The van der Waals surface area contributed by atoms with Gasteiger partial charge in [0.25, 0.3) is 5.91 Å². The standard InChI is InChI=1S/C19H23FN4O/c1-12-11-21-10-9-15(12)22-19(25)18-13-5-4-8-16(13)24(23-18)17-7-3-2-6-14(17)20/h2-3,6-7,12,15,21H,4-5,8-11H2,1H3,(H,22,25). The number of carbonyl (C=O) groups is 1. The Labute approximate surface area is 146 Å². The number of halogens is 1. The summed E-state index contributed by atoms with van der Waals surface area (Å²) in [6.45, 7) is 3.96. The fourth-order valence-electron chi connectivity index (χ4n) is 3.91. The average molecular weight is 342 g/mol. The molecular formula is C19H23FN4O. The quantitative estimate of drug-likeness (QED) is 0.899. The van der Waals surface area contributed by atoms with Crippen LogP contribution in [0.5, 0.6) is 0 Å². The summed E-state index contributed by atoms with van der Waals surface area (Å²) >= 11 is 0. The Hall–Kier alpha value is -2.21. The molecule has 0 spiro atoms. The van der Waals surface area contributed by atoms with Crippen LogP contribution >= 0.6 is 0 Å². The molecule has 25 heavy (non-hydrogen) atoms. The van der Waals surface area contributed by atoms with E-state index in [1.54, 1.807) is 22.9 Å². The predicted octanol–water partition coefficient (Wildman–Crippen LogP) is 2.23. The van der Waals surface area contributed by atoms with Gasteiger partial charge in [-0.3, -0.25) is 4.79 Å². The monoisotopic (exact) mass is 342 g/mol. The maximum Gasteiger partial charge on any atom is 0.272 e. The lowest BCUT2D eigenvalue weighted by atomic mass is 9.95. The lowest BCUT2D eigenvalue weighted by Crippen LogP contribution is -2.48. The number of nitrogens with zero attached hydrogens (tertiary/aromatic N) is 2. The van der Waals surface area contributed by atoms with Crippen molar-refractivity contribution in [2.75, 3.05) is 13.1 Å². The van der Waals surface area contributed by atoms with Crippen molar-refractivity contribution in [2.45, 2.75) is 38.6 Å². The lowest BCUT2D eigenvalue weighted by molar-refractivity contribution is 0.0907. The number of rotatable bonds is 3. The maximum absolute atomic E-state index is 14.2. The summed E-state index contributed by atoms with van der Waals surface area (Å²) in [4.78, 5) is 12.8. The van der Waals surface area contributed by atoms with Crippen LogP contribution in [0, 0.1) is 11.7 Å². The Bertz CT molecular complexity index is 801. The summed E-state index contributed by atoms with van der Waals surface area (Å²) in [5.41, 5.74) is 2.81. The van der Waals surface area contributed by atoms with Gasteiger partial charge in [0.15, 0.2) is 5.69 Å². The topological polar surface area (TPSA) is 58.9 Å². The van der Waals surface area contributed by atoms with Crippen LogP contribution in [0.4, 0.5) is 4.39 Å². The maximum atomic E-state index is 14.2. The van der Waals surface area contributed by atoms with E-state index in [2.05, 4.69) is 22.7 Å². The molecule has 1 fully saturated rings. The van der Waals surface area contributed by atoms with E-state index in [1.807, 2.05) is 0 Å². The molecule has 2 N–H and O–H groups in total. The molecule has 132 valence electrons. The third-order valence-electron chi connectivity index (χ3n) is 5.33. The van der Waals surface area contributed by atoms with Gasteiger partial charge in [0.1, 0.15) is 11.5 Å². The number of nitrogens with one attached hydrogen (secondary N) is 2. The second kappa shape index (κ2) is 6.59. The number of benzene rings is 1. The van der Waals surface area contributed by atoms with Crippen LogP contribution < -0.4 is 10.6 Å². The molecule has 1 saturated heterocycles. The van der Waals surface area contributed by atoms with Gasteiger partial charge in [-0.25, -0.2) is 9.07 Å². The van der Waals surface area contributed by atoms with E-state index in [0.29, 0.717) is 17.3 Å². The zero-order valence-electron chi connectivity index (χ0n) is 14.4. The summed E-state index contributed by atoms with van der Waals surface area (Å²) in [5, 5.41) is 11.0. The normalized spacial score (nSPS) is 22.6. The van der Waals surface area contributed by atoms with Crippen LogP contribution in [-0.2, 0) is 12.8 Å². The molecule has 5 nitrogen and oxygen atoms in total. The summed E-state index contributed by atoms with van der Waals surface area (Å²) in [6, 6.07) is 6.74. The summed E-state index contributed by atoms with van der Waals surface area (Å²) in [6.07, 6.45) is 3.55. The molecule has 2 aliphatic rings. The molecule has 6 heteroatoms. The molecule has 2 atom stereocenters. The molecule has 2 aromatic rings. The van der Waals surface area contributed by atoms with Gasteiger partial charge in [-0.2, -0.15) is 5.10 Å². The van der Waals surface area contributed by atoms with Gasteiger partial charge in [0.2, 0.25) is 0 Å². The molecule has 1 aliphatic heterocycles. The molecule has 1 amide bonds. The highest BCUT2D eigenvalue weighted by atomic mass is 19.1. The number of amides is 1. The van der Waals surface area contributed by atoms with Crippen molar-refractivity contribution < 1.29 is 9.18 Å². The van der Waals surface area contributed by atoms with E-state index in [1.165, 1.54) is 6.07 Å². The van der Waals surface area contributed by atoms with E-state index in [-0.39, 0.29) is 17.8 Å². The first-order chi connectivity index (χ1) is 12.1. The van der Waals surface area contributed by atoms with E-state index >= 15 is 0 Å². The van der Waals surface area contributed by atoms with Gasteiger partial charge >= 0.3 is 0 Å². The van der Waals surface area contributed by atoms with Crippen molar-refractivity contribution in [3.05, 3.63) is 47.0 Å². The first kappa shape index (κ1) is 16.3. The molecule has 1 aromatic carbocycles. The SMILES string of the molecule is CC1CNCCC1NC(=O)c1nn(-c2ccccc2F)c2c1CCC2. The minimum absolute atomic E-state index is 0.132. The van der Waals surface area contributed by atoms with Crippen molar-refractivity contribution in [2.24, 2.45) is 5.92 Å². The average Bonchev–Trinajstić information content (AvgIpc) is 3.20. The Morgan fingerprint density at radius 2 is 2.20 bits per heavy atom. The molecule has 0 saturated carbocycles. The number of carbonyl (C=O) groups excluding carboxylic acids is 1. The molecule has 1 aromatic heterocycles.